The largest absolute Gasteiger partial charge is 0.383 e. The lowest BCUT2D eigenvalue weighted by Gasteiger charge is -2.42. The first-order chi connectivity index (χ1) is 7.26. The summed E-state index contributed by atoms with van der Waals surface area (Å²) in [4.78, 5) is 4.29. The summed E-state index contributed by atoms with van der Waals surface area (Å²) in [6, 6.07) is 0. The Balaban J connectivity index is 2.41. The smallest absolute Gasteiger partial charge is 0.206 e. The fourth-order valence-corrected chi connectivity index (χ4v) is 1.79. The van der Waals surface area contributed by atoms with Gasteiger partial charge in [0.25, 0.3) is 0 Å². The van der Waals surface area contributed by atoms with Gasteiger partial charge in [-0.3, -0.25) is 5.43 Å². The van der Waals surface area contributed by atoms with E-state index in [-0.39, 0.29) is 5.54 Å². The number of nitrogens with zero attached hydrogens (tertiary/aromatic N) is 1. The van der Waals surface area contributed by atoms with Crippen molar-refractivity contribution in [1.82, 2.24) is 10.7 Å². The van der Waals surface area contributed by atoms with Gasteiger partial charge in [-0.25, -0.2) is 10.8 Å². The second-order valence-electron chi connectivity index (χ2n) is 3.98. The molecule has 0 amide bonds. The third kappa shape index (κ3) is 3.35. The van der Waals surface area contributed by atoms with Gasteiger partial charge in [-0.05, 0) is 25.7 Å². The van der Waals surface area contributed by atoms with Gasteiger partial charge in [-0.15, -0.1) is 0 Å². The molecule has 1 saturated carbocycles. The van der Waals surface area contributed by atoms with Crippen molar-refractivity contribution in [3.8, 4) is 0 Å². The molecule has 0 atom stereocenters. The fourth-order valence-electron chi connectivity index (χ4n) is 1.79. The molecule has 0 aromatic rings. The molecule has 1 fully saturated rings. The Kier molecular flexibility index (Phi) is 4.84. The number of hydrogen-bond donors (Lipinski definition) is 3. The van der Waals surface area contributed by atoms with E-state index in [4.69, 9.17) is 10.6 Å². The van der Waals surface area contributed by atoms with E-state index in [1.54, 1.807) is 7.11 Å². The first-order valence-corrected chi connectivity index (χ1v) is 5.54. The summed E-state index contributed by atoms with van der Waals surface area (Å²) in [6.07, 6.45) is 4.80. The predicted molar refractivity (Wildman–Crippen MR) is 61.5 cm³/mol. The number of ether oxygens (including phenoxy) is 1. The van der Waals surface area contributed by atoms with Crippen LogP contribution < -0.4 is 16.6 Å². The summed E-state index contributed by atoms with van der Waals surface area (Å²) in [5.74, 6) is 6.09. The Hall–Kier alpha value is -0.810. The van der Waals surface area contributed by atoms with E-state index in [0.717, 1.165) is 6.42 Å². The first kappa shape index (κ1) is 12.3. The summed E-state index contributed by atoms with van der Waals surface area (Å²) in [7, 11) is 1.66. The molecule has 88 valence electrons. The zero-order chi connectivity index (χ0) is 11.1. The van der Waals surface area contributed by atoms with Crippen molar-refractivity contribution in [1.29, 1.82) is 0 Å². The van der Waals surface area contributed by atoms with Gasteiger partial charge in [0.2, 0.25) is 5.96 Å². The van der Waals surface area contributed by atoms with Crippen LogP contribution in [-0.4, -0.2) is 31.8 Å². The van der Waals surface area contributed by atoms with Crippen LogP contribution in [0.4, 0.5) is 0 Å². The van der Waals surface area contributed by atoms with Crippen molar-refractivity contribution in [2.45, 2.75) is 38.1 Å². The Bertz CT molecular complexity index is 208. The van der Waals surface area contributed by atoms with Crippen LogP contribution in [0.15, 0.2) is 4.99 Å². The van der Waals surface area contributed by atoms with Gasteiger partial charge in [0, 0.05) is 12.6 Å². The maximum absolute atomic E-state index is 5.41. The van der Waals surface area contributed by atoms with Crippen LogP contribution in [0, 0.1) is 0 Å². The third-order valence-corrected chi connectivity index (χ3v) is 3.07. The molecule has 0 bridgehead atoms. The zero-order valence-electron chi connectivity index (χ0n) is 9.68. The molecule has 5 nitrogen and oxygen atoms in total. The average Bonchev–Trinajstić information content (AvgIpc) is 2.21. The number of hydrazine groups is 1. The second kappa shape index (κ2) is 5.92. The SMILES string of the molecule is CCC1(NC(=NCCOC)NN)CCC1. The topological polar surface area (TPSA) is 71.7 Å². The van der Waals surface area contributed by atoms with E-state index in [1.807, 2.05) is 0 Å². The number of guanidine groups is 1. The van der Waals surface area contributed by atoms with Crippen LogP contribution in [0.25, 0.3) is 0 Å². The molecule has 0 spiro atoms. The van der Waals surface area contributed by atoms with Gasteiger partial charge in [0.15, 0.2) is 0 Å². The summed E-state index contributed by atoms with van der Waals surface area (Å²) in [6.45, 7) is 3.43. The van der Waals surface area contributed by atoms with E-state index < -0.39 is 0 Å². The molecule has 0 radical (unpaired) electrons. The van der Waals surface area contributed by atoms with Gasteiger partial charge >= 0.3 is 0 Å². The van der Waals surface area contributed by atoms with Crippen LogP contribution in [-0.2, 0) is 4.74 Å². The van der Waals surface area contributed by atoms with Crippen LogP contribution in [0.1, 0.15) is 32.6 Å². The highest BCUT2D eigenvalue weighted by atomic mass is 16.5. The number of nitrogens with one attached hydrogen (secondary N) is 2. The van der Waals surface area contributed by atoms with Gasteiger partial charge < -0.3 is 10.1 Å². The zero-order valence-corrected chi connectivity index (χ0v) is 9.68. The summed E-state index contributed by atoms with van der Waals surface area (Å²) in [5.41, 5.74) is 2.82. The van der Waals surface area contributed by atoms with Crippen LogP contribution in [0.3, 0.4) is 0 Å². The molecule has 0 heterocycles. The van der Waals surface area contributed by atoms with E-state index >= 15 is 0 Å². The van der Waals surface area contributed by atoms with Crippen molar-refractivity contribution in [2.75, 3.05) is 20.3 Å². The molecular weight excluding hydrogens is 192 g/mol. The normalized spacial score (nSPS) is 19.5. The number of methoxy groups -OCH3 is 1. The molecule has 0 aromatic carbocycles. The molecule has 1 aliphatic carbocycles. The van der Waals surface area contributed by atoms with E-state index in [9.17, 15) is 0 Å². The molecule has 0 aromatic heterocycles. The van der Waals surface area contributed by atoms with Gasteiger partial charge in [-0.1, -0.05) is 6.92 Å². The molecular formula is C10H22N4O. The molecule has 0 saturated heterocycles. The maximum atomic E-state index is 5.41. The molecule has 1 aliphatic rings. The molecule has 0 unspecified atom stereocenters. The van der Waals surface area contributed by atoms with E-state index in [0.29, 0.717) is 19.1 Å². The molecule has 0 aliphatic heterocycles. The second-order valence-corrected chi connectivity index (χ2v) is 3.98. The molecule has 4 N–H and O–H groups in total. The third-order valence-electron chi connectivity index (χ3n) is 3.07. The Morgan fingerprint density at radius 1 is 1.53 bits per heavy atom. The van der Waals surface area contributed by atoms with Crippen molar-refractivity contribution >= 4 is 5.96 Å². The maximum Gasteiger partial charge on any atom is 0.206 e. The highest BCUT2D eigenvalue weighted by Gasteiger charge is 2.35. The predicted octanol–water partition coefficient (Wildman–Crippen LogP) is 0.374. The summed E-state index contributed by atoms with van der Waals surface area (Å²) in [5, 5.41) is 3.38. The van der Waals surface area contributed by atoms with Gasteiger partial charge in [0.1, 0.15) is 0 Å². The van der Waals surface area contributed by atoms with Crippen LogP contribution in [0.5, 0.6) is 0 Å². The Labute approximate surface area is 91.4 Å². The Morgan fingerprint density at radius 2 is 2.27 bits per heavy atom. The molecule has 15 heavy (non-hydrogen) atoms. The van der Waals surface area contributed by atoms with Gasteiger partial charge in [0.05, 0.1) is 13.2 Å². The van der Waals surface area contributed by atoms with Crippen molar-refractivity contribution in [2.24, 2.45) is 10.8 Å². The van der Waals surface area contributed by atoms with E-state index in [2.05, 4.69) is 22.7 Å². The summed E-state index contributed by atoms with van der Waals surface area (Å²) < 4.78 is 4.93. The number of aliphatic imine (C=N–C) groups is 1. The fraction of sp³-hybridized carbons (Fsp3) is 0.900. The van der Waals surface area contributed by atoms with Crippen molar-refractivity contribution < 1.29 is 4.74 Å². The lowest BCUT2D eigenvalue weighted by atomic mass is 9.75. The number of nitrogens with two attached hydrogens (primary N) is 1. The van der Waals surface area contributed by atoms with Gasteiger partial charge in [-0.2, -0.15) is 0 Å². The minimum absolute atomic E-state index is 0.221. The lowest BCUT2D eigenvalue weighted by molar-refractivity contribution is 0.202. The number of hydrogen-bond acceptors (Lipinski definition) is 3. The van der Waals surface area contributed by atoms with Crippen molar-refractivity contribution in [3.05, 3.63) is 0 Å². The lowest BCUT2D eigenvalue weighted by Crippen LogP contribution is -2.57. The average molecular weight is 214 g/mol. The minimum Gasteiger partial charge on any atom is -0.383 e. The van der Waals surface area contributed by atoms with Crippen LogP contribution in [0.2, 0.25) is 0 Å². The standard InChI is InChI=1S/C10H22N4O/c1-3-10(5-4-6-10)13-9(14-11)12-7-8-15-2/h3-8,11H2,1-2H3,(H2,12,13,14). The molecule has 1 rings (SSSR count). The monoisotopic (exact) mass is 214 g/mol. The first-order valence-electron chi connectivity index (χ1n) is 5.54. The highest BCUT2D eigenvalue weighted by molar-refractivity contribution is 5.80. The quantitative estimate of drug-likeness (QED) is 0.203. The van der Waals surface area contributed by atoms with Crippen LogP contribution >= 0.6 is 0 Å². The van der Waals surface area contributed by atoms with E-state index in [1.165, 1.54) is 19.3 Å². The number of rotatable bonds is 5. The van der Waals surface area contributed by atoms with Crippen molar-refractivity contribution in [3.63, 3.8) is 0 Å². The summed E-state index contributed by atoms with van der Waals surface area (Å²) >= 11 is 0. The Morgan fingerprint density at radius 3 is 2.67 bits per heavy atom. The minimum atomic E-state index is 0.221. The highest BCUT2D eigenvalue weighted by Crippen LogP contribution is 2.34. The molecule has 5 heteroatoms.